The first kappa shape index (κ1) is 24.6. The van der Waals surface area contributed by atoms with Crippen molar-refractivity contribution in [3.63, 3.8) is 0 Å². The van der Waals surface area contributed by atoms with Crippen LogP contribution in [-0.4, -0.2) is 54.4 Å². The van der Waals surface area contributed by atoms with Gasteiger partial charge in [0.2, 0.25) is 0 Å². The molecular weight excluding hydrogens is 421 g/mol. The number of rotatable bonds is 9. The van der Waals surface area contributed by atoms with E-state index in [4.69, 9.17) is 0 Å². The van der Waals surface area contributed by atoms with Crippen molar-refractivity contribution in [3.8, 4) is 0 Å². The third-order valence-electron chi connectivity index (χ3n) is 2.99. The van der Waals surface area contributed by atoms with Crippen molar-refractivity contribution >= 4 is 6.29 Å². The molecule has 0 saturated carbocycles. The number of alkyl halides is 15. The summed E-state index contributed by atoms with van der Waals surface area (Å²) in [6, 6.07) is 0. The summed E-state index contributed by atoms with van der Waals surface area (Å²) in [7, 11) is 0. The summed E-state index contributed by atoms with van der Waals surface area (Å²) in [5.74, 6) is -46.4. The van der Waals surface area contributed by atoms with Gasteiger partial charge in [0.25, 0.3) is 0 Å². The molecule has 0 N–H and O–H groups in total. The van der Waals surface area contributed by atoms with E-state index in [1.807, 2.05) is 0 Å². The molecule has 0 amide bonds. The maximum Gasteiger partial charge on any atom is 0.384 e. The van der Waals surface area contributed by atoms with Crippen molar-refractivity contribution in [2.45, 2.75) is 54.6 Å². The minimum atomic E-state index is -8.20. The van der Waals surface area contributed by atoms with Crippen LogP contribution in [0.5, 0.6) is 0 Å². The minimum Gasteiger partial charge on any atom is -0.303 e. The van der Waals surface area contributed by atoms with Crippen LogP contribution in [-0.2, 0) is 4.79 Å². The fourth-order valence-corrected chi connectivity index (χ4v) is 1.38. The zero-order valence-corrected chi connectivity index (χ0v) is 11.5. The number of carbonyl (C=O) groups is 1. The summed E-state index contributed by atoms with van der Waals surface area (Å²) < 4.78 is 191. The van der Waals surface area contributed by atoms with Crippen molar-refractivity contribution < 1.29 is 70.7 Å². The SMILES string of the molecule is O=CCC(F)C(F)(F)C(F)(F)C(F)(F)C(F)(F)C(F)(F)C(F)(F)C(F)F. The van der Waals surface area contributed by atoms with Gasteiger partial charge in [-0.15, -0.1) is 0 Å². The average molecular weight is 426 g/mol. The lowest BCUT2D eigenvalue weighted by molar-refractivity contribution is -0.436. The zero-order valence-electron chi connectivity index (χ0n) is 11.5. The number of halogens is 15. The highest BCUT2D eigenvalue weighted by Gasteiger charge is 2.91. The number of hydrogen-bond acceptors (Lipinski definition) is 1. The number of carbonyl (C=O) groups excluding carboxylic acids is 1. The summed E-state index contributed by atoms with van der Waals surface area (Å²) in [6.07, 6.45) is -13.6. The Morgan fingerprint density at radius 2 is 0.885 bits per heavy atom. The molecule has 1 nitrogen and oxygen atoms in total. The van der Waals surface area contributed by atoms with Crippen LogP contribution < -0.4 is 0 Å². The molecule has 0 spiro atoms. The van der Waals surface area contributed by atoms with Gasteiger partial charge in [0, 0.05) is 6.42 Å². The highest BCUT2D eigenvalue weighted by molar-refractivity contribution is 5.50. The monoisotopic (exact) mass is 426 g/mol. The zero-order chi connectivity index (χ0) is 21.6. The Hall–Kier alpha value is -1.38. The fraction of sp³-hybridized carbons (Fsp3) is 0.900. The Bertz CT molecular complexity index is 511. The van der Waals surface area contributed by atoms with Gasteiger partial charge in [0.05, 0.1) is 0 Å². The molecule has 0 rings (SSSR count). The second-order valence-electron chi connectivity index (χ2n) is 4.71. The van der Waals surface area contributed by atoms with Crippen molar-refractivity contribution in [1.29, 1.82) is 0 Å². The highest BCUT2D eigenvalue weighted by atomic mass is 19.4. The highest BCUT2D eigenvalue weighted by Crippen LogP contribution is 2.61. The summed E-state index contributed by atoms with van der Waals surface area (Å²) in [5.41, 5.74) is 0. The van der Waals surface area contributed by atoms with Crippen molar-refractivity contribution in [1.82, 2.24) is 0 Å². The van der Waals surface area contributed by atoms with E-state index in [1.165, 1.54) is 0 Å². The van der Waals surface area contributed by atoms with Gasteiger partial charge in [-0.1, -0.05) is 0 Å². The molecule has 0 saturated heterocycles. The van der Waals surface area contributed by atoms with Gasteiger partial charge in [0.1, 0.15) is 6.29 Å². The van der Waals surface area contributed by atoms with E-state index in [1.54, 1.807) is 0 Å². The first-order valence-electron chi connectivity index (χ1n) is 5.80. The molecule has 0 aromatic rings. The van der Waals surface area contributed by atoms with Crippen LogP contribution in [0.4, 0.5) is 65.9 Å². The molecule has 0 bridgehead atoms. The van der Waals surface area contributed by atoms with Gasteiger partial charge in [-0.3, -0.25) is 0 Å². The van der Waals surface area contributed by atoms with E-state index in [0.717, 1.165) is 0 Å². The van der Waals surface area contributed by atoms with Crippen molar-refractivity contribution in [3.05, 3.63) is 0 Å². The molecule has 0 aliphatic carbocycles. The van der Waals surface area contributed by atoms with Gasteiger partial charge in [0.15, 0.2) is 6.17 Å². The predicted octanol–water partition coefficient (Wildman–Crippen LogP) is 4.99. The molecule has 1 unspecified atom stereocenters. The quantitative estimate of drug-likeness (QED) is 0.375. The molecule has 0 aliphatic heterocycles. The molecule has 0 radical (unpaired) electrons. The lowest BCUT2D eigenvalue weighted by Gasteiger charge is -2.41. The Kier molecular flexibility index (Phi) is 6.30. The molecule has 156 valence electrons. The van der Waals surface area contributed by atoms with Crippen LogP contribution >= 0.6 is 0 Å². The molecular formula is C10H5F15O. The lowest BCUT2D eigenvalue weighted by atomic mass is 9.89. The summed E-state index contributed by atoms with van der Waals surface area (Å²) in [4.78, 5) is 9.74. The van der Waals surface area contributed by atoms with E-state index in [2.05, 4.69) is 0 Å². The summed E-state index contributed by atoms with van der Waals surface area (Å²) >= 11 is 0. The Morgan fingerprint density at radius 3 is 1.15 bits per heavy atom. The molecule has 0 fully saturated rings. The predicted molar refractivity (Wildman–Crippen MR) is 51.3 cm³/mol. The van der Waals surface area contributed by atoms with Crippen LogP contribution in [0.2, 0.25) is 0 Å². The smallest absolute Gasteiger partial charge is 0.303 e. The largest absolute Gasteiger partial charge is 0.384 e. The standard InChI is InChI=1S/C10H5F15O/c11-3(1-2-26)5(14,15)7(18,19)9(22,23)10(24,25)8(20,21)6(16,17)4(12)13/h2-4H,1H2. The van der Waals surface area contributed by atoms with E-state index >= 15 is 0 Å². The Balaban J connectivity index is 6.39. The van der Waals surface area contributed by atoms with Crippen LogP contribution in [0, 0.1) is 0 Å². The maximum atomic E-state index is 13.1. The number of hydrogen-bond donors (Lipinski definition) is 0. The van der Waals surface area contributed by atoms with Gasteiger partial charge < -0.3 is 4.79 Å². The average Bonchev–Trinajstić information content (AvgIpc) is 2.45. The first-order chi connectivity index (χ1) is 11.2. The maximum absolute atomic E-state index is 13.1. The second kappa shape index (κ2) is 6.65. The Morgan fingerprint density at radius 1 is 0.577 bits per heavy atom. The van der Waals surface area contributed by atoms with E-state index in [0.29, 0.717) is 0 Å². The van der Waals surface area contributed by atoms with Gasteiger partial charge >= 0.3 is 42.0 Å². The van der Waals surface area contributed by atoms with Crippen molar-refractivity contribution in [2.24, 2.45) is 0 Å². The second-order valence-corrected chi connectivity index (χ2v) is 4.71. The molecule has 0 aromatic carbocycles. The van der Waals surface area contributed by atoms with Gasteiger partial charge in [-0.2, -0.15) is 52.7 Å². The van der Waals surface area contributed by atoms with Crippen LogP contribution in [0.3, 0.4) is 0 Å². The molecule has 0 heterocycles. The fourth-order valence-electron chi connectivity index (χ4n) is 1.38. The van der Waals surface area contributed by atoms with Crippen LogP contribution in [0.15, 0.2) is 0 Å². The van der Waals surface area contributed by atoms with E-state index in [9.17, 15) is 70.7 Å². The van der Waals surface area contributed by atoms with E-state index in [-0.39, 0.29) is 0 Å². The third kappa shape index (κ3) is 3.08. The van der Waals surface area contributed by atoms with Crippen LogP contribution in [0.1, 0.15) is 6.42 Å². The third-order valence-corrected chi connectivity index (χ3v) is 2.99. The molecule has 0 aromatic heterocycles. The summed E-state index contributed by atoms with van der Waals surface area (Å²) in [5, 5.41) is 0. The molecule has 16 heteroatoms. The topological polar surface area (TPSA) is 17.1 Å². The Labute approximate surface area is 133 Å². The lowest BCUT2D eigenvalue weighted by Crippen LogP contribution is -2.72. The van der Waals surface area contributed by atoms with Gasteiger partial charge in [-0.25, -0.2) is 13.2 Å². The normalized spacial score (nSPS) is 16.8. The molecule has 1 atom stereocenters. The van der Waals surface area contributed by atoms with E-state index < -0.39 is 60.8 Å². The van der Waals surface area contributed by atoms with Gasteiger partial charge in [-0.05, 0) is 0 Å². The van der Waals surface area contributed by atoms with Crippen molar-refractivity contribution in [2.75, 3.05) is 0 Å². The van der Waals surface area contributed by atoms with Crippen LogP contribution in [0.25, 0.3) is 0 Å². The first-order valence-corrected chi connectivity index (χ1v) is 5.80. The molecule has 0 aliphatic rings. The molecule has 26 heavy (non-hydrogen) atoms. The number of aldehydes is 1. The minimum absolute atomic E-state index is 0.898. The summed E-state index contributed by atoms with van der Waals surface area (Å²) in [6.45, 7) is 0.